The molecular weight excluding hydrogens is 302 g/mol. The molecule has 0 aromatic rings. The summed E-state index contributed by atoms with van der Waals surface area (Å²) in [5.41, 5.74) is 0. The first-order valence-electron chi connectivity index (χ1n) is 9.87. The molecule has 1 unspecified atom stereocenters. The maximum atomic E-state index is 5.97. The minimum Gasteiger partial charge on any atom is -0.378 e. The maximum absolute atomic E-state index is 5.97. The number of nitrogens with one attached hydrogen (secondary N) is 2. The zero-order valence-corrected chi connectivity index (χ0v) is 15.3. The predicted molar refractivity (Wildman–Crippen MR) is 98.6 cm³/mol. The van der Waals surface area contributed by atoms with Crippen LogP contribution in [0.3, 0.4) is 0 Å². The number of hydrogen-bond donors (Lipinski definition) is 2. The van der Waals surface area contributed by atoms with Crippen molar-refractivity contribution in [1.82, 2.24) is 20.4 Å². The van der Waals surface area contributed by atoms with E-state index in [1.165, 1.54) is 64.8 Å². The molecule has 4 aliphatic rings. The van der Waals surface area contributed by atoms with Crippen molar-refractivity contribution in [2.45, 2.75) is 50.7 Å². The van der Waals surface area contributed by atoms with E-state index in [0.29, 0.717) is 12.1 Å². The molecule has 0 amide bonds. The first-order chi connectivity index (χ1) is 11.8. The van der Waals surface area contributed by atoms with Gasteiger partial charge in [0, 0.05) is 65.5 Å². The molecule has 0 aromatic heterocycles. The molecule has 1 aliphatic carbocycles. The summed E-state index contributed by atoms with van der Waals surface area (Å²) >= 11 is 0. The molecule has 2 N–H and O–H groups in total. The number of hydrogen-bond acceptors (Lipinski definition) is 4. The number of rotatable bonds is 7. The van der Waals surface area contributed by atoms with Gasteiger partial charge in [-0.2, -0.15) is 0 Å². The molecule has 0 spiro atoms. The van der Waals surface area contributed by atoms with Crippen LogP contribution >= 0.6 is 0 Å². The molecule has 3 saturated heterocycles. The quantitative estimate of drug-likeness (QED) is 0.411. The van der Waals surface area contributed by atoms with Crippen LogP contribution in [0.1, 0.15) is 38.5 Å². The highest BCUT2D eigenvalue weighted by atomic mass is 16.5. The zero-order valence-electron chi connectivity index (χ0n) is 15.3. The van der Waals surface area contributed by atoms with Crippen molar-refractivity contribution in [1.29, 1.82) is 0 Å². The van der Waals surface area contributed by atoms with E-state index in [2.05, 4.69) is 25.4 Å². The molecular formula is C18H35N5O. The first-order valence-corrected chi connectivity index (χ1v) is 9.87. The van der Waals surface area contributed by atoms with E-state index < -0.39 is 0 Å². The van der Waals surface area contributed by atoms with Gasteiger partial charge in [-0.3, -0.25) is 14.8 Å². The fourth-order valence-electron chi connectivity index (χ4n) is 4.11. The van der Waals surface area contributed by atoms with Crippen LogP contribution < -0.4 is 10.6 Å². The number of guanidine groups is 1. The highest BCUT2D eigenvalue weighted by molar-refractivity contribution is 5.79. The Morgan fingerprint density at radius 1 is 1.08 bits per heavy atom. The molecule has 0 radical (unpaired) electrons. The van der Waals surface area contributed by atoms with E-state index in [1.54, 1.807) is 0 Å². The molecule has 138 valence electrons. The average molecular weight is 338 g/mol. The molecule has 6 heteroatoms. The molecule has 1 atom stereocenters. The topological polar surface area (TPSA) is 52.1 Å². The standard InChI is InChI=1S/C18H35N5O/c1-19-18(20-8-5-13-24-17-6-3-2-4-7-17)21-14-16-15-22-9-11-23(16)12-10-22/h16-17H,2-15H2,1H3,(H2,19,20,21). The lowest BCUT2D eigenvalue weighted by Crippen LogP contribution is -2.63. The van der Waals surface area contributed by atoms with E-state index in [1.807, 2.05) is 7.05 Å². The smallest absolute Gasteiger partial charge is 0.191 e. The lowest BCUT2D eigenvalue weighted by atomic mass is 9.98. The second-order valence-corrected chi connectivity index (χ2v) is 7.35. The maximum Gasteiger partial charge on any atom is 0.191 e. The number of nitrogens with zero attached hydrogens (tertiary/aromatic N) is 3. The molecule has 1 saturated carbocycles. The van der Waals surface area contributed by atoms with E-state index in [-0.39, 0.29) is 0 Å². The average Bonchev–Trinajstić information content (AvgIpc) is 2.66. The minimum absolute atomic E-state index is 0.516. The van der Waals surface area contributed by atoms with Gasteiger partial charge in [0.25, 0.3) is 0 Å². The van der Waals surface area contributed by atoms with Gasteiger partial charge >= 0.3 is 0 Å². The highest BCUT2D eigenvalue weighted by Crippen LogP contribution is 2.20. The Labute approximate surface area is 147 Å². The van der Waals surface area contributed by atoms with Gasteiger partial charge < -0.3 is 15.4 Å². The summed E-state index contributed by atoms with van der Waals surface area (Å²) in [6, 6.07) is 0.626. The molecule has 3 aliphatic heterocycles. The lowest BCUT2D eigenvalue weighted by Gasteiger charge is -2.47. The van der Waals surface area contributed by atoms with Crippen molar-refractivity contribution < 1.29 is 4.74 Å². The Hall–Kier alpha value is -0.850. The molecule has 24 heavy (non-hydrogen) atoms. The Bertz CT molecular complexity index is 389. The van der Waals surface area contributed by atoms with Crippen LogP contribution in [-0.4, -0.2) is 87.4 Å². The van der Waals surface area contributed by atoms with Crippen molar-refractivity contribution in [3.8, 4) is 0 Å². The third-order valence-corrected chi connectivity index (χ3v) is 5.64. The van der Waals surface area contributed by atoms with Gasteiger partial charge in [-0.25, -0.2) is 0 Å². The Kier molecular flexibility index (Phi) is 7.17. The monoisotopic (exact) mass is 337 g/mol. The molecule has 0 aromatic carbocycles. The largest absolute Gasteiger partial charge is 0.378 e. The van der Waals surface area contributed by atoms with Crippen molar-refractivity contribution >= 4 is 5.96 Å². The first kappa shape index (κ1) is 18.0. The van der Waals surface area contributed by atoms with E-state index in [9.17, 15) is 0 Å². The third kappa shape index (κ3) is 5.33. The van der Waals surface area contributed by atoms with E-state index >= 15 is 0 Å². The fourth-order valence-corrected chi connectivity index (χ4v) is 4.11. The second kappa shape index (κ2) is 9.59. The van der Waals surface area contributed by atoms with Gasteiger partial charge in [0.2, 0.25) is 0 Å². The van der Waals surface area contributed by atoms with E-state index in [0.717, 1.165) is 32.1 Å². The van der Waals surface area contributed by atoms with Crippen molar-refractivity contribution in [3.05, 3.63) is 0 Å². The number of aliphatic imine (C=N–C) groups is 1. The van der Waals surface area contributed by atoms with Gasteiger partial charge in [0.1, 0.15) is 0 Å². The van der Waals surface area contributed by atoms with Gasteiger partial charge in [0.15, 0.2) is 5.96 Å². The van der Waals surface area contributed by atoms with Crippen LogP contribution in [0.4, 0.5) is 0 Å². The molecule has 6 nitrogen and oxygen atoms in total. The molecule has 4 rings (SSSR count). The Balaban J connectivity index is 1.25. The second-order valence-electron chi connectivity index (χ2n) is 7.35. The fraction of sp³-hybridized carbons (Fsp3) is 0.944. The SMILES string of the molecule is CN=C(NCCCOC1CCCCC1)NCC1CN2CCN1CC2. The Morgan fingerprint density at radius 2 is 1.88 bits per heavy atom. The molecule has 2 bridgehead atoms. The summed E-state index contributed by atoms with van der Waals surface area (Å²) in [7, 11) is 1.85. The zero-order chi connectivity index (χ0) is 16.6. The minimum atomic E-state index is 0.516. The molecule has 3 heterocycles. The summed E-state index contributed by atoms with van der Waals surface area (Å²) in [6.07, 6.45) is 8.14. The lowest BCUT2D eigenvalue weighted by molar-refractivity contribution is 0.0154. The van der Waals surface area contributed by atoms with Crippen molar-refractivity contribution in [3.63, 3.8) is 0 Å². The van der Waals surface area contributed by atoms with Gasteiger partial charge in [-0.1, -0.05) is 19.3 Å². The third-order valence-electron chi connectivity index (χ3n) is 5.64. The Morgan fingerprint density at radius 3 is 2.54 bits per heavy atom. The van der Waals surface area contributed by atoms with Gasteiger partial charge in [-0.05, 0) is 19.3 Å². The van der Waals surface area contributed by atoms with Crippen molar-refractivity contribution in [2.24, 2.45) is 4.99 Å². The normalized spacial score (nSPS) is 31.2. The summed E-state index contributed by atoms with van der Waals surface area (Å²) < 4.78 is 5.97. The van der Waals surface area contributed by atoms with Crippen LogP contribution in [0.15, 0.2) is 4.99 Å². The molecule has 4 fully saturated rings. The van der Waals surface area contributed by atoms with Crippen LogP contribution in [0, 0.1) is 0 Å². The van der Waals surface area contributed by atoms with E-state index in [4.69, 9.17) is 4.74 Å². The number of ether oxygens (including phenoxy) is 1. The van der Waals surface area contributed by atoms with Crippen LogP contribution in [0.2, 0.25) is 0 Å². The number of fused-ring (bicyclic) bond motifs is 3. The summed E-state index contributed by atoms with van der Waals surface area (Å²) in [5.74, 6) is 0.922. The number of piperazine rings is 3. The van der Waals surface area contributed by atoms with Crippen LogP contribution in [0.5, 0.6) is 0 Å². The van der Waals surface area contributed by atoms with Crippen LogP contribution in [-0.2, 0) is 4.74 Å². The predicted octanol–water partition coefficient (Wildman–Crippen LogP) is 0.891. The van der Waals surface area contributed by atoms with Crippen molar-refractivity contribution in [2.75, 3.05) is 59.5 Å². The summed E-state index contributed by atoms with van der Waals surface area (Å²) in [5, 5.41) is 6.91. The van der Waals surface area contributed by atoms with Crippen LogP contribution in [0.25, 0.3) is 0 Å². The highest BCUT2D eigenvalue weighted by Gasteiger charge is 2.31. The van der Waals surface area contributed by atoms with Gasteiger partial charge in [0.05, 0.1) is 6.10 Å². The van der Waals surface area contributed by atoms with Gasteiger partial charge in [-0.15, -0.1) is 0 Å². The summed E-state index contributed by atoms with van der Waals surface area (Å²) in [6.45, 7) is 8.88. The summed E-state index contributed by atoms with van der Waals surface area (Å²) in [4.78, 5) is 9.53.